The number of fused-ring (bicyclic) bond motifs is 3. The molecule has 1 aliphatic heterocycles. The average Bonchev–Trinajstić information content (AvgIpc) is 2.98. The monoisotopic (exact) mass is 380 g/mol. The number of carbonyl (C=O) groups is 3. The van der Waals surface area contributed by atoms with Crippen molar-refractivity contribution in [3.63, 3.8) is 0 Å². The van der Waals surface area contributed by atoms with Crippen molar-refractivity contribution in [3.05, 3.63) is 23.8 Å². The zero-order valence-corrected chi connectivity index (χ0v) is 15.7. The van der Waals surface area contributed by atoms with Crippen molar-refractivity contribution in [3.8, 4) is 0 Å². The minimum atomic E-state index is -1.76. The molecular formula is C19H24O8. The van der Waals surface area contributed by atoms with Gasteiger partial charge in [-0.05, 0) is 19.9 Å². The quantitative estimate of drug-likeness (QED) is 0.303. The zero-order chi connectivity index (χ0) is 20.3. The predicted octanol–water partition coefficient (Wildman–Crippen LogP) is 0.265. The maximum absolute atomic E-state index is 12.1. The molecule has 2 N–H and O–H groups in total. The van der Waals surface area contributed by atoms with Gasteiger partial charge in [0.1, 0.15) is 23.9 Å². The Balaban J connectivity index is 2.15. The van der Waals surface area contributed by atoms with Crippen molar-refractivity contribution in [1.82, 2.24) is 0 Å². The second-order valence-electron chi connectivity index (χ2n) is 7.70. The highest BCUT2D eigenvalue weighted by atomic mass is 16.6. The van der Waals surface area contributed by atoms with Gasteiger partial charge < -0.3 is 24.4 Å². The highest BCUT2D eigenvalue weighted by molar-refractivity contribution is 5.91. The predicted molar refractivity (Wildman–Crippen MR) is 91.0 cm³/mol. The fourth-order valence-electron chi connectivity index (χ4n) is 4.82. The van der Waals surface area contributed by atoms with E-state index in [1.54, 1.807) is 13.0 Å². The summed E-state index contributed by atoms with van der Waals surface area (Å²) in [6, 6.07) is 0. The molecule has 148 valence electrons. The van der Waals surface area contributed by atoms with Crippen LogP contribution in [-0.2, 0) is 28.6 Å². The van der Waals surface area contributed by atoms with Crippen molar-refractivity contribution < 1.29 is 38.8 Å². The molecule has 3 rings (SSSR count). The second-order valence-corrected chi connectivity index (χ2v) is 7.70. The van der Waals surface area contributed by atoms with Crippen LogP contribution in [0.5, 0.6) is 0 Å². The maximum atomic E-state index is 12.1. The summed E-state index contributed by atoms with van der Waals surface area (Å²) in [5.74, 6) is -4.06. The SMILES string of the molecule is C=C1C(=O)O[C@@H]2[C@@H]1[C@H](O)[C@H](OC(C)=O)[C@](C)(O)[C@@H]1[C@H]2C(C)=C[C@@H]1OC(C)=O. The largest absolute Gasteiger partial charge is 0.458 e. The van der Waals surface area contributed by atoms with Gasteiger partial charge in [-0.25, -0.2) is 4.79 Å². The molecule has 0 bridgehead atoms. The lowest BCUT2D eigenvalue weighted by Gasteiger charge is -2.41. The Hall–Kier alpha value is -2.19. The van der Waals surface area contributed by atoms with Crippen LogP contribution in [0.1, 0.15) is 27.7 Å². The van der Waals surface area contributed by atoms with E-state index in [0.29, 0.717) is 0 Å². The molecule has 2 aliphatic carbocycles. The van der Waals surface area contributed by atoms with E-state index in [1.165, 1.54) is 13.8 Å². The van der Waals surface area contributed by atoms with Gasteiger partial charge in [-0.2, -0.15) is 0 Å². The Morgan fingerprint density at radius 2 is 1.81 bits per heavy atom. The number of carbonyl (C=O) groups excluding carboxylic acids is 3. The molecule has 3 aliphatic rings. The first-order valence-corrected chi connectivity index (χ1v) is 8.79. The summed E-state index contributed by atoms with van der Waals surface area (Å²) in [5, 5.41) is 22.3. The van der Waals surface area contributed by atoms with Crippen LogP contribution >= 0.6 is 0 Å². The van der Waals surface area contributed by atoms with Crippen LogP contribution in [0, 0.1) is 17.8 Å². The first kappa shape index (κ1) is 19.6. The molecule has 0 radical (unpaired) electrons. The van der Waals surface area contributed by atoms with Crippen LogP contribution in [0.15, 0.2) is 23.8 Å². The fourth-order valence-corrected chi connectivity index (χ4v) is 4.82. The average molecular weight is 380 g/mol. The van der Waals surface area contributed by atoms with Gasteiger partial charge >= 0.3 is 17.9 Å². The molecule has 2 fully saturated rings. The van der Waals surface area contributed by atoms with Gasteiger partial charge in [-0.15, -0.1) is 0 Å². The highest BCUT2D eigenvalue weighted by Crippen LogP contribution is 2.53. The molecule has 0 spiro atoms. The van der Waals surface area contributed by atoms with E-state index < -0.39 is 65.7 Å². The number of rotatable bonds is 2. The third-order valence-electron chi connectivity index (χ3n) is 5.83. The molecular weight excluding hydrogens is 356 g/mol. The van der Waals surface area contributed by atoms with Crippen molar-refractivity contribution in [2.24, 2.45) is 17.8 Å². The normalized spacial score (nSPS) is 43.2. The lowest BCUT2D eigenvalue weighted by molar-refractivity contribution is -0.195. The number of aliphatic hydroxyl groups excluding tert-OH is 1. The first-order chi connectivity index (χ1) is 12.5. The van der Waals surface area contributed by atoms with Crippen LogP contribution in [-0.4, -0.2) is 58.1 Å². The first-order valence-electron chi connectivity index (χ1n) is 8.79. The summed E-state index contributed by atoms with van der Waals surface area (Å²) in [5.41, 5.74) is -0.953. The topological polar surface area (TPSA) is 119 Å². The van der Waals surface area contributed by atoms with Gasteiger partial charge in [0.25, 0.3) is 0 Å². The molecule has 0 amide bonds. The molecule has 1 heterocycles. The van der Waals surface area contributed by atoms with E-state index in [9.17, 15) is 24.6 Å². The van der Waals surface area contributed by atoms with Gasteiger partial charge in [0.05, 0.1) is 5.92 Å². The standard InChI is InChI=1S/C19H24O8/c1-7-6-11(25-9(3)20)14-12(7)16-13(8(2)18(23)27-16)15(22)17(19(14,5)24)26-10(4)21/h6,11-17,22,24H,2H2,1,3-5H3/t11-,12+,13-,14-,15-,16-,17-,19+/m0/s1. The Bertz CT molecular complexity index is 736. The van der Waals surface area contributed by atoms with E-state index in [4.69, 9.17) is 14.2 Å². The lowest BCUT2D eigenvalue weighted by Crippen LogP contribution is -2.57. The van der Waals surface area contributed by atoms with Gasteiger partial charge in [0, 0.05) is 31.3 Å². The Kier molecular flexibility index (Phi) is 4.68. The van der Waals surface area contributed by atoms with E-state index in [1.807, 2.05) is 0 Å². The number of hydrogen-bond donors (Lipinski definition) is 2. The summed E-state index contributed by atoms with van der Waals surface area (Å²) >= 11 is 0. The third-order valence-corrected chi connectivity index (χ3v) is 5.83. The Morgan fingerprint density at radius 1 is 1.22 bits per heavy atom. The van der Waals surface area contributed by atoms with Crippen LogP contribution in [0.25, 0.3) is 0 Å². The van der Waals surface area contributed by atoms with Crippen LogP contribution < -0.4 is 0 Å². The fraction of sp³-hybridized carbons (Fsp3) is 0.632. The van der Waals surface area contributed by atoms with Gasteiger partial charge in [0.15, 0.2) is 6.10 Å². The molecule has 27 heavy (non-hydrogen) atoms. The van der Waals surface area contributed by atoms with Gasteiger partial charge in [0.2, 0.25) is 0 Å². The van der Waals surface area contributed by atoms with Crippen molar-refractivity contribution in [2.45, 2.75) is 57.7 Å². The molecule has 8 atom stereocenters. The highest BCUT2D eigenvalue weighted by Gasteiger charge is 2.65. The van der Waals surface area contributed by atoms with Gasteiger partial charge in [-0.3, -0.25) is 9.59 Å². The molecule has 0 aromatic rings. The van der Waals surface area contributed by atoms with E-state index in [2.05, 4.69) is 6.58 Å². The van der Waals surface area contributed by atoms with Crippen molar-refractivity contribution in [1.29, 1.82) is 0 Å². The van der Waals surface area contributed by atoms with E-state index >= 15 is 0 Å². The molecule has 0 aromatic carbocycles. The second kappa shape index (κ2) is 6.45. The minimum Gasteiger partial charge on any atom is -0.458 e. The van der Waals surface area contributed by atoms with E-state index in [-0.39, 0.29) is 5.57 Å². The Morgan fingerprint density at radius 3 is 2.37 bits per heavy atom. The summed E-state index contributed by atoms with van der Waals surface area (Å²) in [6.45, 7) is 9.34. The third kappa shape index (κ3) is 2.96. The van der Waals surface area contributed by atoms with Crippen molar-refractivity contribution in [2.75, 3.05) is 0 Å². The number of aliphatic hydroxyl groups is 2. The molecule has 1 saturated heterocycles. The maximum Gasteiger partial charge on any atom is 0.334 e. The van der Waals surface area contributed by atoms with Crippen LogP contribution in [0.3, 0.4) is 0 Å². The molecule has 8 heteroatoms. The minimum absolute atomic E-state index is 0.0600. The lowest BCUT2D eigenvalue weighted by atomic mass is 9.74. The van der Waals surface area contributed by atoms with Gasteiger partial charge in [-0.1, -0.05) is 12.2 Å². The Labute approximate surface area is 156 Å². The number of ether oxygens (including phenoxy) is 3. The smallest absolute Gasteiger partial charge is 0.334 e. The summed E-state index contributed by atoms with van der Waals surface area (Å²) < 4.78 is 16.1. The van der Waals surface area contributed by atoms with Crippen molar-refractivity contribution >= 4 is 17.9 Å². The van der Waals surface area contributed by atoms with Crippen LogP contribution in [0.2, 0.25) is 0 Å². The molecule has 1 saturated carbocycles. The molecule has 8 nitrogen and oxygen atoms in total. The summed E-state index contributed by atoms with van der Waals surface area (Å²) in [7, 11) is 0. The summed E-state index contributed by atoms with van der Waals surface area (Å²) in [6.07, 6.45) is -2.71. The molecule has 0 unspecified atom stereocenters. The summed E-state index contributed by atoms with van der Waals surface area (Å²) in [4.78, 5) is 35.3. The number of hydrogen-bond acceptors (Lipinski definition) is 8. The molecule has 0 aromatic heterocycles. The zero-order valence-electron chi connectivity index (χ0n) is 15.7. The number of esters is 3. The van der Waals surface area contributed by atoms with E-state index in [0.717, 1.165) is 12.5 Å². The van der Waals surface area contributed by atoms with Crippen LogP contribution in [0.4, 0.5) is 0 Å².